The molecular weight excluding hydrogens is 224 g/mol. The van der Waals surface area contributed by atoms with Gasteiger partial charge in [-0.05, 0) is 6.92 Å². The van der Waals surface area contributed by atoms with Crippen molar-refractivity contribution in [1.29, 1.82) is 0 Å². The molecule has 0 aliphatic carbocycles. The van der Waals surface area contributed by atoms with Crippen molar-refractivity contribution < 1.29 is 14.7 Å². The van der Waals surface area contributed by atoms with E-state index in [9.17, 15) is 9.59 Å². The number of nitrogens with one attached hydrogen (secondary N) is 1. The maximum Gasteiger partial charge on any atom is 0.321 e. The van der Waals surface area contributed by atoms with E-state index in [2.05, 4.69) is 15.3 Å². The zero-order valence-electron chi connectivity index (χ0n) is 9.38. The zero-order chi connectivity index (χ0) is 12.8. The molecule has 4 N–H and O–H groups in total. The Morgan fingerprint density at radius 1 is 1.47 bits per heavy atom. The van der Waals surface area contributed by atoms with Gasteiger partial charge < -0.3 is 10.8 Å². The Bertz CT molecular complexity index is 405. The van der Waals surface area contributed by atoms with Crippen LogP contribution in [0.1, 0.15) is 17.8 Å². The van der Waals surface area contributed by atoms with Crippen molar-refractivity contribution in [3.63, 3.8) is 0 Å². The predicted octanol–water partition coefficient (Wildman–Crippen LogP) is -0.797. The second-order valence-electron chi connectivity index (χ2n) is 3.58. The van der Waals surface area contributed by atoms with Gasteiger partial charge in [0.25, 0.3) is 0 Å². The largest absolute Gasteiger partial charge is 0.480 e. The third kappa shape index (κ3) is 4.56. The average Bonchev–Trinajstić information content (AvgIpc) is 2.25. The molecule has 0 radical (unpaired) electrons. The number of rotatable bonds is 6. The van der Waals surface area contributed by atoms with Gasteiger partial charge in [0.05, 0.1) is 6.42 Å². The van der Waals surface area contributed by atoms with Crippen LogP contribution in [-0.4, -0.2) is 33.0 Å². The maximum atomic E-state index is 10.8. The molecule has 17 heavy (non-hydrogen) atoms. The smallest absolute Gasteiger partial charge is 0.321 e. The number of hydrogen-bond acceptors (Lipinski definition) is 5. The number of carboxylic acid groups (broad SMARTS) is 1. The lowest BCUT2D eigenvalue weighted by Crippen LogP contribution is -2.39. The standard InChI is InChI=1S/C10H14N4O3/c1-6-12-3-7(4-13-6)5-14-8(10(16)17)2-9(11)15/h3-4,8,14H,2,5H2,1H3,(H2,11,15)(H,16,17)/t8-/m0/s1. The summed E-state index contributed by atoms with van der Waals surface area (Å²) in [5.41, 5.74) is 5.69. The Labute approximate surface area is 98.1 Å². The van der Waals surface area contributed by atoms with Crippen LogP contribution in [0.15, 0.2) is 12.4 Å². The first-order chi connectivity index (χ1) is 7.99. The van der Waals surface area contributed by atoms with Crippen LogP contribution in [0.4, 0.5) is 0 Å². The van der Waals surface area contributed by atoms with Gasteiger partial charge in [-0.1, -0.05) is 0 Å². The Balaban J connectivity index is 2.54. The highest BCUT2D eigenvalue weighted by atomic mass is 16.4. The van der Waals surface area contributed by atoms with Crippen LogP contribution in [0.25, 0.3) is 0 Å². The minimum Gasteiger partial charge on any atom is -0.480 e. The molecule has 0 aliphatic rings. The van der Waals surface area contributed by atoms with E-state index in [4.69, 9.17) is 10.8 Å². The van der Waals surface area contributed by atoms with Crippen LogP contribution in [0.3, 0.4) is 0 Å². The molecule has 1 rings (SSSR count). The Hall–Kier alpha value is -2.02. The highest BCUT2D eigenvalue weighted by molar-refractivity contribution is 5.83. The van der Waals surface area contributed by atoms with Gasteiger partial charge in [0, 0.05) is 24.5 Å². The summed E-state index contributed by atoms with van der Waals surface area (Å²) in [4.78, 5) is 29.4. The predicted molar refractivity (Wildman–Crippen MR) is 58.8 cm³/mol. The molecule has 1 aromatic rings. The minimum atomic E-state index is -1.11. The van der Waals surface area contributed by atoms with Gasteiger partial charge in [-0.25, -0.2) is 9.97 Å². The summed E-state index contributed by atoms with van der Waals surface area (Å²) in [6, 6.07) is -0.992. The van der Waals surface area contributed by atoms with E-state index in [0.29, 0.717) is 5.82 Å². The van der Waals surface area contributed by atoms with Gasteiger partial charge in [0.1, 0.15) is 11.9 Å². The average molecular weight is 238 g/mol. The summed E-state index contributed by atoms with van der Waals surface area (Å²) in [6.45, 7) is 2.02. The van der Waals surface area contributed by atoms with Gasteiger partial charge in [-0.2, -0.15) is 0 Å². The first kappa shape index (κ1) is 13.0. The lowest BCUT2D eigenvalue weighted by atomic mass is 10.2. The third-order valence-corrected chi connectivity index (χ3v) is 2.09. The quantitative estimate of drug-likeness (QED) is 0.597. The van der Waals surface area contributed by atoms with E-state index in [1.165, 1.54) is 0 Å². The van der Waals surface area contributed by atoms with E-state index >= 15 is 0 Å². The molecule has 0 bridgehead atoms. The number of hydrogen-bond donors (Lipinski definition) is 3. The fraction of sp³-hybridized carbons (Fsp3) is 0.400. The SMILES string of the molecule is Cc1ncc(CN[C@@H](CC(N)=O)C(=O)O)cn1. The second kappa shape index (κ2) is 5.90. The van der Waals surface area contributed by atoms with Crippen LogP contribution >= 0.6 is 0 Å². The molecule has 92 valence electrons. The van der Waals surface area contributed by atoms with Gasteiger partial charge in [-0.3, -0.25) is 14.9 Å². The van der Waals surface area contributed by atoms with Crippen molar-refractivity contribution in [2.75, 3.05) is 0 Å². The van der Waals surface area contributed by atoms with E-state index in [1.807, 2.05) is 0 Å². The van der Waals surface area contributed by atoms with Crippen LogP contribution in [0, 0.1) is 6.92 Å². The highest BCUT2D eigenvalue weighted by Crippen LogP contribution is 1.98. The van der Waals surface area contributed by atoms with E-state index in [1.54, 1.807) is 19.3 Å². The second-order valence-corrected chi connectivity index (χ2v) is 3.58. The van der Waals surface area contributed by atoms with E-state index < -0.39 is 17.9 Å². The molecular formula is C10H14N4O3. The van der Waals surface area contributed by atoms with Crippen molar-refractivity contribution in [3.05, 3.63) is 23.8 Å². The summed E-state index contributed by atoms with van der Waals surface area (Å²) in [7, 11) is 0. The molecule has 1 heterocycles. The van der Waals surface area contributed by atoms with Crippen molar-refractivity contribution >= 4 is 11.9 Å². The number of nitrogens with zero attached hydrogens (tertiary/aromatic N) is 2. The van der Waals surface area contributed by atoms with Crippen molar-refractivity contribution in [2.24, 2.45) is 5.73 Å². The summed E-state index contributed by atoms with van der Waals surface area (Å²) >= 11 is 0. The Morgan fingerprint density at radius 2 is 2.06 bits per heavy atom. The number of nitrogens with two attached hydrogens (primary N) is 1. The summed E-state index contributed by atoms with van der Waals surface area (Å²) in [5.74, 6) is -1.14. The number of primary amides is 1. The van der Waals surface area contributed by atoms with Crippen molar-refractivity contribution in [2.45, 2.75) is 25.9 Å². The van der Waals surface area contributed by atoms with Crippen LogP contribution in [0.5, 0.6) is 0 Å². The van der Waals surface area contributed by atoms with Crippen molar-refractivity contribution in [1.82, 2.24) is 15.3 Å². The van der Waals surface area contributed by atoms with E-state index in [0.717, 1.165) is 5.56 Å². The fourth-order valence-corrected chi connectivity index (χ4v) is 1.20. The van der Waals surface area contributed by atoms with Gasteiger partial charge in [-0.15, -0.1) is 0 Å². The van der Waals surface area contributed by atoms with E-state index in [-0.39, 0.29) is 13.0 Å². The number of aryl methyl sites for hydroxylation is 1. The Morgan fingerprint density at radius 3 is 2.53 bits per heavy atom. The van der Waals surface area contributed by atoms with Crippen molar-refractivity contribution in [3.8, 4) is 0 Å². The molecule has 7 nitrogen and oxygen atoms in total. The summed E-state index contributed by atoms with van der Waals surface area (Å²) in [6.07, 6.45) is 2.94. The number of carboxylic acids is 1. The van der Waals surface area contributed by atoms with Crippen LogP contribution in [-0.2, 0) is 16.1 Å². The monoisotopic (exact) mass is 238 g/mol. The van der Waals surface area contributed by atoms with Gasteiger partial charge >= 0.3 is 5.97 Å². The molecule has 0 saturated heterocycles. The topological polar surface area (TPSA) is 118 Å². The number of aromatic nitrogens is 2. The first-order valence-electron chi connectivity index (χ1n) is 5.01. The summed E-state index contributed by atoms with van der Waals surface area (Å²) < 4.78 is 0. The number of carbonyl (C=O) groups excluding carboxylic acids is 1. The zero-order valence-corrected chi connectivity index (χ0v) is 9.38. The van der Waals surface area contributed by atoms with Crippen LogP contribution in [0.2, 0.25) is 0 Å². The molecule has 0 fully saturated rings. The third-order valence-electron chi connectivity index (χ3n) is 2.09. The molecule has 1 aromatic heterocycles. The molecule has 0 saturated carbocycles. The Kier molecular flexibility index (Phi) is 4.53. The van der Waals surface area contributed by atoms with Gasteiger partial charge in [0.15, 0.2) is 0 Å². The number of aliphatic carboxylic acids is 1. The number of amides is 1. The normalized spacial score (nSPS) is 12.1. The molecule has 0 unspecified atom stereocenters. The fourth-order valence-electron chi connectivity index (χ4n) is 1.20. The lowest BCUT2D eigenvalue weighted by molar-refractivity contribution is -0.141. The molecule has 0 spiro atoms. The van der Waals surface area contributed by atoms with Crippen LogP contribution < -0.4 is 11.1 Å². The maximum absolute atomic E-state index is 10.8. The molecule has 0 aromatic carbocycles. The molecule has 1 amide bonds. The number of carbonyl (C=O) groups is 2. The molecule has 0 aliphatic heterocycles. The highest BCUT2D eigenvalue weighted by Gasteiger charge is 2.18. The minimum absolute atomic E-state index is 0.248. The lowest BCUT2D eigenvalue weighted by Gasteiger charge is -2.12. The molecule has 1 atom stereocenters. The first-order valence-corrected chi connectivity index (χ1v) is 5.01. The van der Waals surface area contributed by atoms with Gasteiger partial charge in [0.2, 0.25) is 5.91 Å². The summed E-state index contributed by atoms with van der Waals surface area (Å²) in [5, 5.41) is 11.5. The molecule has 7 heteroatoms.